The molecule has 0 aliphatic heterocycles. The highest BCUT2D eigenvalue weighted by Crippen LogP contribution is 2.26. The molecule has 17 heavy (non-hydrogen) atoms. The van der Waals surface area contributed by atoms with Crippen molar-refractivity contribution in [2.75, 3.05) is 0 Å². The SMILES string of the molecule is CC(Cc1ccccc1)C(C)c1ccccc1. The first-order chi connectivity index (χ1) is 8.27. The normalized spacial score (nSPS) is 14.2. The van der Waals surface area contributed by atoms with Crippen LogP contribution in [0.25, 0.3) is 0 Å². The minimum Gasteiger partial charge on any atom is -0.0622 e. The van der Waals surface area contributed by atoms with Crippen molar-refractivity contribution >= 4 is 0 Å². The van der Waals surface area contributed by atoms with Gasteiger partial charge in [0.05, 0.1) is 0 Å². The second-order valence-corrected chi connectivity index (χ2v) is 4.87. The topological polar surface area (TPSA) is 0 Å². The molecule has 0 amide bonds. The van der Waals surface area contributed by atoms with Crippen LogP contribution in [0.3, 0.4) is 0 Å². The molecule has 88 valence electrons. The third-order valence-corrected chi connectivity index (χ3v) is 3.58. The van der Waals surface area contributed by atoms with Gasteiger partial charge in [-0.05, 0) is 29.4 Å². The Hall–Kier alpha value is -1.56. The Morgan fingerprint density at radius 3 is 1.88 bits per heavy atom. The molecule has 0 saturated carbocycles. The van der Waals surface area contributed by atoms with E-state index in [4.69, 9.17) is 0 Å². The molecule has 2 aromatic rings. The monoisotopic (exact) mass is 224 g/mol. The lowest BCUT2D eigenvalue weighted by atomic mass is 9.85. The highest BCUT2D eigenvalue weighted by molar-refractivity contribution is 5.21. The third-order valence-electron chi connectivity index (χ3n) is 3.58. The number of hydrogen-bond acceptors (Lipinski definition) is 0. The number of rotatable bonds is 4. The molecule has 0 aliphatic carbocycles. The van der Waals surface area contributed by atoms with Gasteiger partial charge in [-0.3, -0.25) is 0 Å². The van der Waals surface area contributed by atoms with E-state index in [-0.39, 0.29) is 0 Å². The Bertz CT molecular complexity index is 430. The molecule has 0 N–H and O–H groups in total. The summed E-state index contributed by atoms with van der Waals surface area (Å²) in [5.41, 5.74) is 2.87. The standard InChI is InChI=1S/C17H20/c1-14(13-16-9-5-3-6-10-16)15(2)17-11-7-4-8-12-17/h3-12,14-15H,13H2,1-2H3. The molecule has 0 spiro atoms. The fourth-order valence-corrected chi connectivity index (χ4v) is 2.25. The predicted octanol–water partition coefficient (Wildman–Crippen LogP) is 4.67. The van der Waals surface area contributed by atoms with E-state index in [1.165, 1.54) is 11.1 Å². The Kier molecular flexibility index (Phi) is 3.98. The zero-order valence-electron chi connectivity index (χ0n) is 10.6. The molecule has 0 fully saturated rings. The predicted molar refractivity (Wildman–Crippen MR) is 74.2 cm³/mol. The van der Waals surface area contributed by atoms with Crippen molar-refractivity contribution in [1.29, 1.82) is 0 Å². The van der Waals surface area contributed by atoms with Crippen molar-refractivity contribution in [2.45, 2.75) is 26.2 Å². The van der Waals surface area contributed by atoms with E-state index in [0.717, 1.165) is 6.42 Å². The molecular weight excluding hydrogens is 204 g/mol. The summed E-state index contributed by atoms with van der Waals surface area (Å²) in [6, 6.07) is 21.5. The van der Waals surface area contributed by atoms with E-state index in [1.807, 2.05) is 0 Å². The zero-order chi connectivity index (χ0) is 12.1. The molecule has 0 radical (unpaired) electrons. The minimum absolute atomic E-state index is 0.608. The fourth-order valence-electron chi connectivity index (χ4n) is 2.25. The molecule has 2 unspecified atom stereocenters. The van der Waals surface area contributed by atoms with Crippen molar-refractivity contribution in [3.05, 3.63) is 71.8 Å². The van der Waals surface area contributed by atoms with Crippen molar-refractivity contribution in [1.82, 2.24) is 0 Å². The van der Waals surface area contributed by atoms with Crippen LogP contribution in [0.15, 0.2) is 60.7 Å². The van der Waals surface area contributed by atoms with Gasteiger partial charge < -0.3 is 0 Å². The van der Waals surface area contributed by atoms with Gasteiger partial charge in [0.15, 0.2) is 0 Å². The maximum absolute atomic E-state index is 2.34. The van der Waals surface area contributed by atoms with E-state index < -0.39 is 0 Å². The molecule has 0 bridgehead atoms. The number of benzene rings is 2. The highest BCUT2D eigenvalue weighted by Gasteiger charge is 2.14. The van der Waals surface area contributed by atoms with E-state index >= 15 is 0 Å². The van der Waals surface area contributed by atoms with Crippen molar-refractivity contribution in [3.8, 4) is 0 Å². The molecule has 0 heterocycles. The summed E-state index contributed by atoms with van der Waals surface area (Å²) in [5.74, 6) is 1.27. The van der Waals surface area contributed by atoms with E-state index in [2.05, 4.69) is 74.5 Å². The van der Waals surface area contributed by atoms with Gasteiger partial charge in [-0.2, -0.15) is 0 Å². The van der Waals surface area contributed by atoms with Gasteiger partial charge in [-0.15, -0.1) is 0 Å². The first-order valence-corrected chi connectivity index (χ1v) is 6.36. The molecular formula is C17H20. The van der Waals surface area contributed by atoms with Gasteiger partial charge in [0.25, 0.3) is 0 Å². The molecule has 0 aliphatic rings. The Balaban J connectivity index is 2.03. The van der Waals surface area contributed by atoms with Crippen molar-refractivity contribution in [2.24, 2.45) is 5.92 Å². The van der Waals surface area contributed by atoms with Crippen LogP contribution in [0, 0.1) is 5.92 Å². The van der Waals surface area contributed by atoms with Crippen LogP contribution in [0.2, 0.25) is 0 Å². The molecule has 2 atom stereocenters. The Labute approximate surface area is 104 Å². The van der Waals surface area contributed by atoms with Crippen molar-refractivity contribution in [3.63, 3.8) is 0 Å². The maximum atomic E-state index is 2.34. The molecule has 2 aromatic carbocycles. The third kappa shape index (κ3) is 3.20. The lowest BCUT2D eigenvalue weighted by Gasteiger charge is -2.20. The Morgan fingerprint density at radius 2 is 1.29 bits per heavy atom. The van der Waals surface area contributed by atoms with Crippen LogP contribution < -0.4 is 0 Å². The first kappa shape index (κ1) is 11.9. The molecule has 0 heteroatoms. The van der Waals surface area contributed by atoms with E-state index in [1.54, 1.807) is 0 Å². The van der Waals surface area contributed by atoms with Gasteiger partial charge in [0.2, 0.25) is 0 Å². The number of hydrogen-bond donors (Lipinski definition) is 0. The van der Waals surface area contributed by atoms with Gasteiger partial charge in [0, 0.05) is 0 Å². The van der Waals surface area contributed by atoms with Gasteiger partial charge in [-0.1, -0.05) is 74.5 Å². The summed E-state index contributed by atoms with van der Waals surface area (Å²) < 4.78 is 0. The molecule has 2 rings (SSSR count). The first-order valence-electron chi connectivity index (χ1n) is 6.36. The van der Waals surface area contributed by atoms with Crippen LogP contribution >= 0.6 is 0 Å². The van der Waals surface area contributed by atoms with Gasteiger partial charge in [-0.25, -0.2) is 0 Å². The summed E-state index contributed by atoms with van der Waals surface area (Å²) in [5, 5.41) is 0. The van der Waals surface area contributed by atoms with Crippen LogP contribution in [0.5, 0.6) is 0 Å². The van der Waals surface area contributed by atoms with E-state index in [9.17, 15) is 0 Å². The largest absolute Gasteiger partial charge is 0.0622 e. The van der Waals surface area contributed by atoms with Gasteiger partial charge in [0.1, 0.15) is 0 Å². The van der Waals surface area contributed by atoms with Crippen LogP contribution in [-0.2, 0) is 6.42 Å². The summed E-state index contributed by atoms with van der Waals surface area (Å²) in [4.78, 5) is 0. The zero-order valence-corrected chi connectivity index (χ0v) is 10.6. The lowest BCUT2D eigenvalue weighted by Crippen LogP contribution is -2.09. The van der Waals surface area contributed by atoms with Crippen LogP contribution in [0.1, 0.15) is 30.9 Å². The van der Waals surface area contributed by atoms with Crippen LogP contribution in [-0.4, -0.2) is 0 Å². The molecule has 0 aromatic heterocycles. The van der Waals surface area contributed by atoms with Crippen molar-refractivity contribution < 1.29 is 0 Å². The average Bonchev–Trinajstić information content (AvgIpc) is 2.40. The summed E-state index contributed by atoms with van der Waals surface area (Å²) in [6.07, 6.45) is 1.15. The van der Waals surface area contributed by atoms with Crippen LogP contribution in [0.4, 0.5) is 0 Å². The molecule has 0 nitrogen and oxygen atoms in total. The second-order valence-electron chi connectivity index (χ2n) is 4.87. The second kappa shape index (κ2) is 5.67. The van der Waals surface area contributed by atoms with E-state index in [0.29, 0.717) is 11.8 Å². The fraction of sp³-hybridized carbons (Fsp3) is 0.294. The Morgan fingerprint density at radius 1 is 0.765 bits per heavy atom. The maximum Gasteiger partial charge on any atom is -0.0161 e. The van der Waals surface area contributed by atoms with Gasteiger partial charge >= 0.3 is 0 Å². The summed E-state index contributed by atoms with van der Waals surface area (Å²) in [7, 11) is 0. The molecule has 0 saturated heterocycles. The highest BCUT2D eigenvalue weighted by atomic mass is 14.2. The average molecular weight is 224 g/mol. The smallest absolute Gasteiger partial charge is 0.0161 e. The lowest BCUT2D eigenvalue weighted by molar-refractivity contribution is 0.485. The minimum atomic E-state index is 0.608. The summed E-state index contributed by atoms with van der Waals surface area (Å²) >= 11 is 0. The summed E-state index contributed by atoms with van der Waals surface area (Å²) in [6.45, 7) is 4.66. The quantitative estimate of drug-likeness (QED) is 0.708.